The minimum absolute atomic E-state index is 0.343. The Labute approximate surface area is 121 Å². The van der Waals surface area contributed by atoms with Crippen LogP contribution in [0.4, 0.5) is 0 Å². The van der Waals surface area contributed by atoms with E-state index >= 15 is 0 Å². The number of nitrogens with zero attached hydrogens (tertiary/aromatic N) is 1. The Morgan fingerprint density at radius 1 is 1.57 bits per heavy atom. The van der Waals surface area contributed by atoms with Gasteiger partial charge in [-0.25, -0.2) is 4.79 Å². The van der Waals surface area contributed by atoms with Crippen molar-refractivity contribution in [3.8, 4) is 0 Å². The summed E-state index contributed by atoms with van der Waals surface area (Å²) < 4.78 is 10.3. The topological polar surface area (TPSA) is 157 Å². The zero-order chi connectivity index (χ0) is 15.8. The van der Waals surface area contributed by atoms with Crippen LogP contribution in [0.3, 0.4) is 0 Å². The van der Waals surface area contributed by atoms with E-state index in [4.69, 9.17) is 9.63 Å². The maximum atomic E-state index is 11.6. The molecule has 2 heterocycles. The first kappa shape index (κ1) is 15.9. The minimum Gasteiger partial charge on any atom is -0.780 e. The van der Waals surface area contributed by atoms with E-state index in [0.717, 1.165) is 16.8 Å². The Balaban J connectivity index is 2.22. The molecule has 0 aromatic carbocycles. The lowest BCUT2D eigenvalue weighted by molar-refractivity contribution is -0.201. The van der Waals surface area contributed by atoms with E-state index in [1.807, 2.05) is 4.98 Å². The lowest BCUT2D eigenvalue weighted by Crippen LogP contribution is -2.35. The minimum atomic E-state index is -4.21. The molecule has 21 heavy (non-hydrogen) atoms. The zero-order valence-corrected chi connectivity index (χ0v) is 11.9. The van der Waals surface area contributed by atoms with Crippen molar-refractivity contribution in [2.45, 2.75) is 12.3 Å². The van der Waals surface area contributed by atoms with Crippen molar-refractivity contribution in [3.05, 3.63) is 44.6 Å². The molecule has 116 valence electrons. The molecule has 12 heteroatoms. The summed E-state index contributed by atoms with van der Waals surface area (Å²) in [5.74, 6) is -1.01. The molecule has 0 fully saturated rings. The maximum Gasteiger partial charge on any atom is 0.331 e. The molecule has 1 aromatic heterocycles. The third-order valence-corrected chi connectivity index (χ3v) is 3.35. The lowest BCUT2D eigenvalue weighted by atomic mass is 10.2. The van der Waals surface area contributed by atoms with Gasteiger partial charge in [0.25, 0.3) is 5.56 Å². The molecule has 2 rings (SSSR count). The second kappa shape index (κ2) is 5.72. The van der Waals surface area contributed by atoms with Crippen LogP contribution in [-0.2, 0) is 21.1 Å². The van der Waals surface area contributed by atoms with Crippen LogP contribution in [-0.4, -0.2) is 37.4 Å². The molecule has 0 radical (unpaired) electrons. The smallest absolute Gasteiger partial charge is 0.331 e. The standard InChI is InChI=1S/C9H11N2O8PS/c12-5-1-2-11(9(15)10-5)8-7(14)6(13)4(19-8)3-18-20(16,17)21/h1-2,7-8,13-14H,3H2,(H,10,12,15)(H2,16,17,21)/p-1/t7?,8-/m1/s1. The number of rotatable bonds is 4. The van der Waals surface area contributed by atoms with Gasteiger partial charge in [-0.15, -0.1) is 0 Å². The largest absolute Gasteiger partial charge is 0.780 e. The van der Waals surface area contributed by atoms with Crippen molar-refractivity contribution in [2.75, 3.05) is 6.61 Å². The van der Waals surface area contributed by atoms with Crippen LogP contribution in [0.5, 0.6) is 0 Å². The molecular weight excluding hydrogens is 327 g/mol. The molecule has 2 unspecified atom stereocenters. The number of hydrogen-bond acceptors (Lipinski definition) is 8. The highest BCUT2D eigenvalue weighted by Crippen LogP contribution is 2.36. The highest BCUT2D eigenvalue weighted by atomic mass is 32.5. The van der Waals surface area contributed by atoms with E-state index in [9.17, 15) is 24.7 Å². The highest BCUT2D eigenvalue weighted by molar-refractivity contribution is 8.06. The van der Waals surface area contributed by atoms with Crippen molar-refractivity contribution in [1.29, 1.82) is 0 Å². The van der Waals surface area contributed by atoms with Gasteiger partial charge in [0.1, 0.15) is 13.3 Å². The number of H-pyrrole nitrogens is 1. The van der Waals surface area contributed by atoms with Crippen LogP contribution < -0.4 is 16.1 Å². The van der Waals surface area contributed by atoms with E-state index in [1.54, 1.807) is 0 Å². The molecule has 0 saturated heterocycles. The average Bonchev–Trinajstić information content (AvgIpc) is 2.64. The molecule has 1 aliphatic rings. The monoisotopic (exact) mass is 337 g/mol. The normalized spacial score (nSPS) is 24.7. The highest BCUT2D eigenvalue weighted by Gasteiger charge is 2.37. The average molecular weight is 337 g/mol. The lowest BCUT2D eigenvalue weighted by Gasteiger charge is -2.21. The van der Waals surface area contributed by atoms with Gasteiger partial charge in [0.15, 0.2) is 17.6 Å². The first-order valence-electron chi connectivity index (χ1n) is 5.45. The summed E-state index contributed by atoms with van der Waals surface area (Å²) in [4.78, 5) is 44.1. The van der Waals surface area contributed by atoms with E-state index < -0.39 is 42.7 Å². The fourth-order valence-corrected chi connectivity index (χ4v) is 2.09. The molecule has 0 spiro atoms. The maximum absolute atomic E-state index is 11.6. The third-order valence-electron chi connectivity index (χ3n) is 2.58. The molecule has 4 N–H and O–H groups in total. The van der Waals surface area contributed by atoms with Gasteiger partial charge in [-0.1, -0.05) is 11.8 Å². The van der Waals surface area contributed by atoms with E-state index in [1.165, 1.54) is 0 Å². The van der Waals surface area contributed by atoms with Crippen molar-refractivity contribution >= 4 is 18.5 Å². The van der Waals surface area contributed by atoms with Crippen LogP contribution in [0.25, 0.3) is 0 Å². The quantitative estimate of drug-likeness (QED) is 0.447. The van der Waals surface area contributed by atoms with Crippen LogP contribution >= 0.6 is 6.72 Å². The summed E-state index contributed by atoms with van der Waals surface area (Å²) in [5.41, 5.74) is -1.51. The van der Waals surface area contributed by atoms with Gasteiger partial charge in [0.2, 0.25) is 6.23 Å². The predicted octanol–water partition coefficient (Wildman–Crippen LogP) is -2.21. The van der Waals surface area contributed by atoms with Crippen molar-refractivity contribution in [1.82, 2.24) is 9.55 Å². The van der Waals surface area contributed by atoms with Crippen molar-refractivity contribution in [3.63, 3.8) is 0 Å². The summed E-state index contributed by atoms with van der Waals surface area (Å²) in [6, 6.07) is 1.02. The second-order valence-corrected chi connectivity index (χ2v) is 6.60. The van der Waals surface area contributed by atoms with Crippen LogP contribution in [0.15, 0.2) is 33.4 Å². The van der Waals surface area contributed by atoms with Gasteiger partial charge in [-0.05, 0) is 0 Å². The third kappa shape index (κ3) is 3.59. The molecule has 10 nitrogen and oxygen atoms in total. The predicted molar refractivity (Wildman–Crippen MR) is 69.6 cm³/mol. The van der Waals surface area contributed by atoms with Crippen LogP contribution in [0, 0.1) is 0 Å². The molecule has 0 amide bonds. The van der Waals surface area contributed by atoms with Crippen LogP contribution in [0.1, 0.15) is 6.23 Å². The van der Waals surface area contributed by atoms with E-state index in [2.05, 4.69) is 16.3 Å². The Morgan fingerprint density at radius 2 is 2.24 bits per heavy atom. The summed E-state index contributed by atoms with van der Waals surface area (Å²) in [5, 5.41) is 19.5. The number of aliphatic hydroxyl groups excluding tert-OH is 2. The number of ether oxygens (including phenoxy) is 1. The number of aromatic nitrogens is 2. The van der Waals surface area contributed by atoms with E-state index in [0.29, 0.717) is 0 Å². The van der Waals surface area contributed by atoms with Gasteiger partial charge in [0.05, 0.1) is 0 Å². The number of nitrogens with one attached hydrogen (secondary N) is 1. The SMILES string of the molecule is O=c1ccn([C@@H]2OC(COP([O-])(O)=S)=C(O)C2O)c(=O)[nH]1. The summed E-state index contributed by atoms with van der Waals surface area (Å²) in [6.07, 6.45) is -1.90. The molecule has 0 aliphatic carbocycles. The summed E-state index contributed by atoms with van der Waals surface area (Å²) in [7, 11) is 0. The fourth-order valence-electron chi connectivity index (χ4n) is 1.66. The Morgan fingerprint density at radius 3 is 2.81 bits per heavy atom. The summed E-state index contributed by atoms with van der Waals surface area (Å²) >= 11 is 4.12. The van der Waals surface area contributed by atoms with Crippen molar-refractivity contribution < 1.29 is 29.3 Å². The second-order valence-electron chi connectivity index (χ2n) is 4.02. The zero-order valence-electron chi connectivity index (χ0n) is 10.2. The Hall–Kier alpha value is -1.49. The molecule has 1 aromatic rings. The number of aliphatic hydroxyl groups is 2. The number of aromatic amines is 1. The van der Waals surface area contributed by atoms with E-state index in [-0.39, 0.29) is 5.76 Å². The summed E-state index contributed by atoms with van der Waals surface area (Å²) in [6.45, 7) is -4.87. The molecular formula is C9H10N2O8PS-. The molecule has 3 atom stereocenters. The van der Waals surface area contributed by atoms with Gasteiger partial charge >= 0.3 is 5.69 Å². The number of hydrogen-bond donors (Lipinski definition) is 4. The molecule has 0 bridgehead atoms. The molecule has 1 aliphatic heterocycles. The van der Waals surface area contributed by atoms with Gasteiger partial charge < -0.3 is 29.3 Å². The first-order chi connectivity index (χ1) is 9.69. The van der Waals surface area contributed by atoms with Crippen molar-refractivity contribution in [2.24, 2.45) is 0 Å². The Bertz CT molecular complexity index is 734. The van der Waals surface area contributed by atoms with Gasteiger partial charge in [-0.2, -0.15) is 0 Å². The first-order valence-corrected chi connectivity index (χ1v) is 8.04. The van der Waals surface area contributed by atoms with Gasteiger partial charge in [0, 0.05) is 12.3 Å². The van der Waals surface area contributed by atoms with Crippen LogP contribution in [0.2, 0.25) is 0 Å². The Kier molecular flexibility index (Phi) is 4.33. The fraction of sp³-hybridized carbons (Fsp3) is 0.333. The van der Waals surface area contributed by atoms with Gasteiger partial charge in [-0.3, -0.25) is 14.3 Å². The molecule has 0 saturated carbocycles.